The van der Waals surface area contributed by atoms with Crippen LogP contribution in [0.15, 0.2) is 61.2 Å². The SMILES string of the molecule is C.C=C(C)/C=C\CC.C=CC.CC.Cc1ccc(C)cc1. The van der Waals surface area contributed by atoms with Gasteiger partial charge in [0.05, 0.1) is 0 Å². The normalized spacial score (nSPS) is 7.76. The quantitative estimate of drug-likeness (QED) is 0.387. The van der Waals surface area contributed by atoms with Gasteiger partial charge in [-0.25, -0.2) is 0 Å². The van der Waals surface area contributed by atoms with Crippen LogP contribution in [0.5, 0.6) is 0 Å². The standard InChI is InChI=1S/C8H10.C7H12.C3H6.C2H6.CH4/c1-7-3-5-8(2)6-4-7;1-4-5-6-7(2)3;1-3-2;1-2;/h3-6H,1-2H3;5-6H,2,4H2,1,3H3;3H,1H2,2H3;1-2H3;1H4/b;6-5-;;;. The van der Waals surface area contributed by atoms with Gasteiger partial charge in [0.25, 0.3) is 0 Å². The maximum Gasteiger partial charge on any atom is -0.0376 e. The molecule has 0 aliphatic heterocycles. The fraction of sp³-hybridized carbons (Fsp3) is 0.429. The molecule has 0 aliphatic rings. The average Bonchev–Trinajstić information content (AvgIpc) is 2.43. The van der Waals surface area contributed by atoms with E-state index in [1.165, 1.54) is 11.1 Å². The summed E-state index contributed by atoms with van der Waals surface area (Å²) in [5, 5.41) is 0. The van der Waals surface area contributed by atoms with Gasteiger partial charge in [0, 0.05) is 0 Å². The first-order valence-electron chi connectivity index (χ1n) is 7.40. The molecular weight excluding hydrogens is 252 g/mol. The molecule has 0 N–H and O–H groups in total. The second kappa shape index (κ2) is 23.5. The van der Waals surface area contributed by atoms with E-state index in [-0.39, 0.29) is 7.43 Å². The van der Waals surface area contributed by atoms with E-state index in [1.807, 2.05) is 33.8 Å². The Morgan fingerprint density at radius 3 is 1.48 bits per heavy atom. The van der Waals surface area contributed by atoms with Crippen LogP contribution in [0.4, 0.5) is 0 Å². The first kappa shape index (κ1) is 27.7. The molecule has 0 aliphatic carbocycles. The summed E-state index contributed by atoms with van der Waals surface area (Å²) in [5.74, 6) is 0. The number of rotatable bonds is 2. The summed E-state index contributed by atoms with van der Waals surface area (Å²) in [7, 11) is 0. The largest absolute Gasteiger partial charge is 0.103 e. The molecule has 0 saturated heterocycles. The van der Waals surface area contributed by atoms with Gasteiger partial charge in [-0.3, -0.25) is 0 Å². The van der Waals surface area contributed by atoms with Crippen LogP contribution < -0.4 is 0 Å². The van der Waals surface area contributed by atoms with Crippen LogP contribution in [0.1, 0.15) is 59.6 Å². The van der Waals surface area contributed by atoms with E-state index >= 15 is 0 Å². The lowest BCUT2D eigenvalue weighted by molar-refractivity contribution is 1.22. The van der Waals surface area contributed by atoms with Gasteiger partial charge in [-0.1, -0.05) is 94.0 Å². The molecule has 0 unspecified atom stereocenters. The van der Waals surface area contributed by atoms with Crippen LogP contribution in [0.25, 0.3) is 0 Å². The van der Waals surface area contributed by atoms with Crippen molar-refractivity contribution >= 4 is 0 Å². The number of hydrogen-bond donors (Lipinski definition) is 0. The molecular formula is C21H38. The van der Waals surface area contributed by atoms with Crippen molar-refractivity contribution in [3.05, 3.63) is 72.4 Å². The molecule has 0 spiro atoms. The monoisotopic (exact) mass is 290 g/mol. The van der Waals surface area contributed by atoms with E-state index in [4.69, 9.17) is 0 Å². The number of allylic oxidation sites excluding steroid dienone is 4. The van der Waals surface area contributed by atoms with Gasteiger partial charge >= 0.3 is 0 Å². The van der Waals surface area contributed by atoms with E-state index < -0.39 is 0 Å². The topological polar surface area (TPSA) is 0 Å². The average molecular weight is 291 g/mol. The summed E-state index contributed by atoms with van der Waals surface area (Å²) >= 11 is 0. The second-order valence-electron chi connectivity index (χ2n) is 4.22. The second-order valence-corrected chi connectivity index (χ2v) is 4.22. The van der Waals surface area contributed by atoms with Gasteiger partial charge in [0.15, 0.2) is 0 Å². The van der Waals surface area contributed by atoms with E-state index in [9.17, 15) is 0 Å². The van der Waals surface area contributed by atoms with Crippen LogP contribution in [0.2, 0.25) is 0 Å². The zero-order valence-electron chi connectivity index (χ0n) is 14.7. The van der Waals surface area contributed by atoms with Crippen molar-refractivity contribution in [3.63, 3.8) is 0 Å². The van der Waals surface area contributed by atoms with Crippen molar-refractivity contribution in [3.8, 4) is 0 Å². The number of hydrogen-bond acceptors (Lipinski definition) is 0. The van der Waals surface area contributed by atoms with Crippen molar-refractivity contribution < 1.29 is 0 Å². The third-order valence-corrected chi connectivity index (χ3v) is 1.86. The van der Waals surface area contributed by atoms with Crippen LogP contribution >= 0.6 is 0 Å². The molecule has 0 atom stereocenters. The summed E-state index contributed by atoms with van der Waals surface area (Å²) in [6.07, 6.45) is 6.98. The van der Waals surface area contributed by atoms with Crippen molar-refractivity contribution in [1.82, 2.24) is 0 Å². The Balaban J connectivity index is -0.000000103. The maximum absolute atomic E-state index is 3.71. The van der Waals surface area contributed by atoms with Gasteiger partial charge in [0.1, 0.15) is 0 Å². The predicted molar refractivity (Wildman–Crippen MR) is 104 cm³/mol. The molecule has 0 bridgehead atoms. The molecule has 21 heavy (non-hydrogen) atoms. The highest BCUT2D eigenvalue weighted by atomic mass is 13.9. The summed E-state index contributed by atoms with van der Waals surface area (Å²) < 4.78 is 0. The fourth-order valence-corrected chi connectivity index (χ4v) is 0.956. The smallest absolute Gasteiger partial charge is 0.0376 e. The van der Waals surface area contributed by atoms with Crippen molar-refractivity contribution in [2.24, 2.45) is 0 Å². The zero-order valence-corrected chi connectivity index (χ0v) is 14.7. The van der Waals surface area contributed by atoms with Gasteiger partial charge < -0.3 is 0 Å². The maximum atomic E-state index is 3.71. The van der Waals surface area contributed by atoms with E-state index in [0.717, 1.165) is 12.0 Å². The molecule has 0 radical (unpaired) electrons. The molecule has 0 nitrogen and oxygen atoms in total. The minimum atomic E-state index is 0. The Bertz CT molecular complexity index is 318. The number of aryl methyl sites for hydroxylation is 2. The van der Waals surface area contributed by atoms with Crippen LogP contribution in [0, 0.1) is 13.8 Å². The molecule has 122 valence electrons. The van der Waals surface area contributed by atoms with Gasteiger partial charge in [0.2, 0.25) is 0 Å². The predicted octanol–water partition coefficient (Wildman–Crippen LogP) is 7.69. The first-order chi connectivity index (χ1) is 9.47. The fourth-order valence-electron chi connectivity index (χ4n) is 0.956. The summed E-state index contributed by atoms with van der Waals surface area (Å²) in [6, 6.07) is 8.48. The third-order valence-electron chi connectivity index (χ3n) is 1.86. The molecule has 0 fully saturated rings. The zero-order chi connectivity index (χ0) is 16.4. The first-order valence-corrected chi connectivity index (χ1v) is 7.40. The molecule has 0 heteroatoms. The summed E-state index contributed by atoms with van der Waals surface area (Å²) in [5.41, 5.74) is 3.79. The van der Waals surface area contributed by atoms with E-state index in [0.29, 0.717) is 0 Å². The minimum Gasteiger partial charge on any atom is -0.103 e. The van der Waals surface area contributed by atoms with Gasteiger partial charge in [-0.05, 0) is 34.1 Å². The molecule has 1 aromatic carbocycles. The third kappa shape index (κ3) is 32.2. The molecule has 0 heterocycles. The Kier molecular flexibility index (Phi) is 31.1. The molecule has 1 rings (SSSR count). The molecule has 0 amide bonds. The van der Waals surface area contributed by atoms with Crippen LogP contribution in [0.3, 0.4) is 0 Å². The van der Waals surface area contributed by atoms with Crippen molar-refractivity contribution in [2.75, 3.05) is 0 Å². The minimum absolute atomic E-state index is 0. The Morgan fingerprint density at radius 1 is 1.05 bits per heavy atom. The molecule has 0 saturated carbocycles. The van der Waals surface area contributed by atoms with Crippen LogP contribution in [-0.2, 0) is 0 Å². The highest BCUT2D eigenvalue weighted by Gasteiger charge is 1.79. The van der Waals surface area contributed by atoms with Crippen molar-refractivity contribution in [1.29, 1.82) is 0 Å². The lowest BCUT2D eigenvalue weighted by Gasteiger charge is -1.90. The van der Waals surface area contributed by atoms with E-state index in [1.54, 1.807) is 6.08 Å². The van der Waals surface area contributed by atoms with E-state index in [2.05, 4.69) is 64.3 Å². The number of benzene rings is 1. The lowest BCUT2D eigenvalue weighted by atomic mass is 10.2. The Hall–Kier alpha value is -1.56. The lowest BCUT2D eigenvalue weighted by Crippen LogP contribution is -1.70. The highest BCUT2D eigenvalue weighted by Crippen LogP contribution is 1.99. The van der Waals surface area contributed by atoms with Gasteiger partial charge in [-0.2, -0.15) is 0 Å². The Labute approximate surface area is 135 Å². The van der Waals surface area contributed by atoms with Crippen LogP contribution in [-0.4, -0.2) is 0 Å². The molecule has 0 aromatic heterocycles. The highest BCUT2D eigenvalue weighted by molar-refractivity contribution is 5.19. The summed E-state index contributed by atoms with van der Waals surface area (Å²) in [4.78, 5) is 0. The summed E-state index contributed by atoms with van der Waals surface area (Å²) in [6.45, 7) is 21.3. The van der Waals surface area contributed by atoms with Crippen molar-refractivity contribution in [2.45, 2.75) is 62.3 Å². The van der Waals surface area contributed by atoms with Gasteiger partial charge in [-0.15, -0.1) is 6.58 Å². The Morgan fingerprint density at radius 2 is 1.33 bits per heavy atom. The molecule has 1 aromatic rings.